The maximum Gasteiger partial charge on any atom is 0.420 e. The molecule has 0 amide bonds. The number of alkyl halides is 3. The van der Waals surface area contributed by atoms with Crippen molar-refractivity contribution >= 4 is 15.7 Å². The minimum atomic E-state index is -4.74. The van der Waals surface area contributed by atoms with Crippen molar-refractivity contribution in [1.29, 1.82) is 0 Å². The van der Waals surface area contributed by atoms with E-state index >= 15 is 0 Å². The highest BCUT2D eigenvalue weighted by Crippen LogP contribution is 2.43. The van der Waals surface area contributed by atoms with Crippen LogP contribution in [0.1, 0.15) is 5.56 Å². The van der Waals surface area contributed by atoms with Gasteiger partial charge in [0, 0.05) is 24.3 Å². The molecule has 0 aromatic heterocycles. The molecule has 1 aliphatic heterocycles. The summed E-state index contributed by atoms with van der Waals surface area (Å²) >= 11 is 0. The first-order valence-corrected chi connectivity index (χ1v) is 10.5. The van der Waals surface area contributed by atoms with Crippen molar-refractivity contribution in [2.45, 2.75) is 6.18 Å². The van der Waals surface area contributed by atoms with Crippen LogP contribution < -0.4 is 14.4 Å². The Balaban J connectivity index is 2.17. The molecule has 2 aromatic rings. The van der Waals surface area contributed by atoms with Gasteiger partial charge in [-0.05, 0) is 24.3 Å². The Bertz CT molecular complexity index is 1060. The zero-order chi connectivity index (χ0) is 21.3. The highest BCUT2D eigenvalue weighted by atomic mass is 32.2. The molecule has 2 aromatic carbocycles. The molecule has 0 fully saturated rings. The van der Waals surface area contributed by atoms with Gasteiger partial charge in [0.1, 0.15) is 29.8 Å². The summed E-state index contributed by atoms with van der Waals surface area (Å²) in [6.07, 6.45) is 0.874. The van der Waals surface area contributed by atoms with Gasteiger partial charge in [-0.15, -0.1) is 0 Å². The lowest BCUT2D eigenvalue weighted by atomic mass is 10.1. The van der Waals surface area contributed by atoms with Gasteiger partial charge in [0.2, 0.25) is 0 Å². The second kappa shape index (κ2) is 7.66. The van der Waals surface area contributed by atoms with Crippen LogP contribution in [0, 0.1) is 0 Å². The normalized spacial score (nSPS) is 19.7. The van der Waals surface area contributed by atoms with E-state index in [2.05, 4.69) is 0 Å². The molecule has 29 heavy (non-hydrogen) atoms. The van der Waals surface area contributed by atoms with Crippen LogP contribution in [0.2, 0.25) is 0 Å². The fourth-order valence-corrected chi connectivity index (χ4v) is 4.31. The largest absolute Gasteiger partial charge is 0.457 e. The van der Waals surface area contributed by atoms with Crippen molar-refractivity contribution in [1.82, 2.24) is 3.89 Å². The summed E-state index contributed by atoms with van der Waals surface area (Å²) in [6, 6.07) is 11.4. The monoisotopic (exact) mass is 425 g/mol. The Kier molecular flexibility index (Phi) is 5.57. The zero-order valence-corrected chi connectivity index (χ0v) is 16.4. The highest BCUT2D eigenvalue weighted by molar-refractivity contribution is 7.90. The van der Waals surface area contributed by atoms with Crippen LogP contribution in [-0.4, -0.2) is 27.8 Å². The lowest BCUT2D eigenvalue weighted by molar-refractivity contribution is -0.138. The SMILES string of the molecule is CS(=O)(=O)[N+]1(c2ccc(Oc3ccccc3)c(C(F)(F)F)c2)C=C(CN)C=CC1. The molecule has 0 saturated carbocycles. The number of benzene rings is 2. The maximum atomic E-state index is 13.8. The molecule has 0 bridgehead atoms. The molecule has 1 unspecified atom stereocenters. The Labute approximate surface area is 167 Å². The van der Waals surface area contributed by atoms with Crippen LogP contribution in [0.15, 0.2) is 72.5 Å². The first-order chi connectivity index (χ1) is 13.6. The van der Waals surface area contributed by atoms with E-state index in [0.717, 1.165) is 18.4 Å². The summed E-state index contributed by atoms with van der Waals surface area (Å²) in [7, 11) is -3.87. The summed E-state index contributed by atoms with van der Waals surface area (Å²) in [6.45, 7) is 0.0197. The van der Waals surface area contributed by atoms with Crippen molar-refractivity contribution in [3.63, 3.8) is 0 Å². The van der Waals surface area contributed by atoms with Crippen LogP contribution in [0.4, 0.5) is 18.9 Å². The predicted molar refractivity (Wildman–Crippen MR) is 106 cm³/mol. The number of hydrogen-bond donors (Lipinski definition) is 1. The fourth-order valence-electron chi connectivity index (χ4n) is 3.13. The predicted octanol–water partition coefficient (Wildman–Crippen LogP) is 4.18. The van der Waals surface area contributed by atoms with Crippen molar-refractivity contribution in [3.8, 4) is 11.5 Å². The van der Waals surface area contributed by atoms with Crippen molar-refractivity contribution in [2.24, 2.45) is 5.73 Å². The van der Waals surface area contributed by atoms with Crippen LogP contribution in [-0.2, 0) is 16.2 Å². The van der Waals surface area contributed by atoms with E-state index in [4.69, 9.17) is 10.5 Å². The number of rotatable bonds is 5. The topological polar surface area (TPSA) is 69.4 Å². The molecule has 9 heteroatoms. The van der Waals surface area contributed by atoms with Gasteiger partial charge in [-0.3, -0.25) is 0 Å². The molecular weight excluding hydrogens is 405 g/mol. The minimum Gasteiger partial charge on any atom is -0.457 e. The number of nitrogens with two attached hydrogens (primary N) is 1. The van der Waals surface area contributed by atoms with Gasteiger partial charge in [-0.25, -0.2) is 0 Å². The van der Waals surface area contributed by atoms with Crippen molar-refractivity contribution in [3.05, 3.63) is 78.0 Å². The maximum absolute atomic E-state index is 13.8. The van der Waals surface area contributed by atoms with Crippen molar-refractivity contribution < 1.29 is 26.3 Å². The molecule has 5 nitrogen and oxygen atoms in total. The quantitative estimate of drug-likeness (QED) is 0.730. The third kappa shape index (κ3) is 4.21. The molecule has 0 saturated heterocycles. The van der Waals surface area contributed by atoms with Gasteiger partial charge in [0.05, 0.1) is 6.26 Å². The first-order valence-electron chi connectivity index (χ1n) is 8.68. The molecule has 154 valence electrons. The summed E-state index contributed by atoms with van der Waals surface area (Å²) in [5.74, 6) is -0.168. The number of nitrogens with zero attached hydrogens (tertiary/aromatic N) is 1. The lowest BCUT2D eigenvalue weighted by Crippen LogP contribution is -2.50. The summed E-state index contributed by atoms with van der Waals surface area (Å²) in [5.41, 5.74) is 5.04. The summed E-state index contributed by atoms with van der Waals surface area (Å²) < 4.78 is 71.3. The highest BCUT2D eigenvalue weighted by Gasteiger charge is 2.43. The Hall–Kier alpha value is -2.62. The third-order valence-corrected chi connectivity index (χ3v) is 6.24. The van der Waals surface area contributed by atoms with Gasteiger partial charge in [0.25, 0.3) is 0 Å². The van der Waals surface area contributed by atoms with Crippen LogP contribution in [0.5, 0.6) is 11.5 Å². The van der Waals surface area contributed by atoms with Gasteiger partial charge < -0.3 is 10.5 Å². The number of halogens is 3. The van der Waals surface area contributed by atoms with Crippen molar-refractivity contribution in [2.75, 3.05) is 19.3 Å². The molecule has 0 radical (unpaired) electrons. The lowest BCUT2D eigenvalue weighted by Gasteiger charge is -2.33. The average molecular weight is 425 g/mol. The summed E-state index contributed by atoms with van der Waals surface area (Å²) in [4.78, 5) is 0. The fraction of sp³-hybridized carbons (Fsp3) is 0.200. The molecule has 0 spiro atoms. The number of sulfonamides is 1. The smallest absolute Gasteiger partial charge is 0.420 e. The molecule has 3 rings (SSSR count). The second-order valence-electron chi connectivity index (χ2n) is 6.62. The molecule has 1 heterocycles. The third-order valence-electron chi connectivity index (χ3n) is 4.59. The van der Waals surface area contributed by atoms with E-state index in [9.17, 15) is 21.6 Å². The Morgan fingerprint density at radius 3 is 2.41 bits per heavy atom. The van der Waals surface area contributed by atoms with E-state index in [1.807, 2.05) is 0 Å². The molecular formula is C20H20F3N2O3S+. The van der Waals surface area contributed by atoms with Gasteiger partial charge in [-0.2, -0.15) is 25.5 Å². The standard InChI is InChI=1S/C20H20F3N2O3S/c1-29(26,27)25(11-5-6-15(13-24)14-25)16-9-10-19(18(12-16)20(21,22)23)28-17-7-3-2-4-8-17/h2-10,12,14H,11,13,24H2,1H3/q+1. The van der Waals surface area contributed by atoms with E-state index in [1.54, 1.807) is 30.4 Å². The average Bonchev–Trinajstić information content (AvgIpc) is 2.67. The molecule has 0 aliphatic carbocycles. The van der Waals surface area contributed by atoms with Crippen LogP contribution >= 0.6 is 0 Å². The minimum absolute atomic E-state index is 0.0431. The van der Waals surface area contributed by atoms with E-state index in [-0.39, 0.29) is 24.5 Å². The van der Waals surface area contributed by atoms with E-state index in [0.29, 0.717) is 5.57 Å². The Morgan fingerprint density at radius 1 is 1.14 bits per heavy atom. The molecule has 1 aliphatic rings. The van der Waals surface area contributed by atoms with Gasteiger partial charge >= 0.3 is 16.2 Å². The zero-order valence-electron chi connectivity index (χ0n) is 15.6. The first kappa shape index (κ1) is 21.1. The van der Waals surface area contributed by atoms with E-state index < -0.39 is 31.4 Å². The second-order valence-corrected chi connectivity index (χ2v) is 8.73. The molecule has 1 atom stereocenters. The summed E-state index contributed by atoms with van der Waals surface area (Å²) in [5, 5.41) is 0. The van der Waals surface area contributed by atoms with Crippen LogP contribution in [0.3, 0.4) is 0 Å². The van der Waals surface area contributed by atoms with Gasteiger partial charge in [0.15, 0.2) is 5.69 Å². The Morgan fingerprint density at radius 2 is 1.83 bits per heavy atom. The van der Waals surface area contributed by atoms with E-state index in [1.165, 1.54) is 24.4 Å². The number of ether oxygens (including phenoxy) is 1. The number of hydrogen-bond acceptors (Lipinski definition) is 4. The number of para-hydroxylation sites is 1. The number of quaternary nitrogens is 1. The van der Waals surface area contributed by atoms with Gasteiger partial charge in [-0.1, -0.05) is 24.3 Å². The van der Waals surface area contributed by atoms with Crippen LogP contribution in [0.25, 0.3) is 0 Å². The molecule has 2 N–H and O–H groups in total.